The summed E-state index contributed by atoms with van der Waals surface area (Å²) in [6, 6.07) is 4.55. The van der Waals surface area contributed by atoms with Gasteiger partial charge in [0.1, 0.15) is 5.75 Å². The average Bonchev–Trinajstić information content (AvgIpc) is 2.77. The first-order chi connectivity index (χ1) is 16.8. The molecule has 1 aromatic rings. The van der Waals surface area contributed by atoms with Gasteiger partial charge in [-0.15, -0.1) is 0 Å². The van der Waals surface area contributed by atoms with Crippen molar-refractivity contribution in [1.29, 1.82) is 0 Å². The number of benzene rings is 1. The van der Waals surface area contributed by atoms with Gasteiger partial charge in [-0.25, -0.2) is 0 Å². The van der Waals surface area contributed by atoms with Gasteiger partial charge in [-0.2, -0.15) is 13.2 Å². The minimum Gasteiger partial charge on any atom is -0.508 e. The first kappa shape index (κ1) is 32.0. The number of rotatable bonds is 14. The van der Waals surface area contributed by atoms with Gasteiger partial charge in [-0.3, -0.25) is 0 Å². The highest BCUT2D eigenvalue weighted by Crippen LogP contribution is 2.46. The second-order valence-corrected chi connectivity index (χ2v) is 10.6. The second kappa shape index (κ2) is 14.6. The number of aromatic hydroxyl groups is 1. The summed E-state index contributed by atoms with van der Waals surface area (Å²) in [5, 5.41) is 24.3. The molecule has 0 aliphatic carbocycles. The zero-order valence-electron chi connectivity index (χ0n) is 21.6. The highest BCUT2D eigenvalue weighted by Gasteiger charge is 2.56. The molecule has 0 aliphatic heterocycles. The molecule has 8 heteroatoms. The molecule has 0 saturated heterocycles. The van der Waals surface area contributed by atoms with Gasteiger partial charge in [-0.05, 0) is 61.6 Å². The van der Waals surface area contributed by atoms with Crippen molar-refractivity contribution in [3.63, 3.8) is 0 Å². The van der Waals surface area contributed by atoms with E-state index in [1.807, 2.05) is 19.1 Å². The molecule has 5 N–H and O–H groups in total. The van der Waals surface area contributed by atoms with Gasteiger partial charge in [0.05, 0.1) is 0 Å². The number of allylic oxidation sites excluding steroid dienone is 5. The van der Waals surface area contributed by atoms with Gasteiger partial charge >= 0.3 is 6.18 Å². The number of nitrogens with one attached hydrogen (secondary N) is 1. The van der Waals surface area contributed by atoms with Gasteiger partial charge < -0.3 is 21.3 Å². The molecule has 0 aliphatic rings. The van der Waals surface area contributed by atoms with Gasteiger partial charge in [0.15, 0.2) is 5.60 Å². The van der Waals surface area contributed by atoms with Crippen LogP contribution in [0.2, 0.25) is 0 Å². The van der Waals surface area contributed by atoms with E-state index in [9.17, 15) is 23.4 Å². The molecule has 0 amide bonds. The van der Waals surface area contributed by atoms with Gasteiger partial charge in [-0.1, -0.05) is 79.9 Å². The molecule has 1 rings (SSSR count). The Morgan fingerprint density at radius 2 is 1.83 bits per heavy atom. The molecular formula is C28H40BrF3N2O2. The third kappa shape index (κ3) is 10.5. The fourth-order valence-electron chi connectivity index (χ4n) is 3.95. The number of phenolic OH excluding ortho intramolecular Hbond substituents is 1. The summed E-state index contributed by atoms with van der Waals surface area (Å²) >= 11 is 3.28. The Hall–Kier alpha value is -2.03. The van der Waals surface area contributed by atoms with Crippen molar-refractivity contribution in [1.82, 2.24) is 5.32 Å². The monoisotopic (exact) mass is 572 g/mol. The summed E-state index contributed by atoms with van der Waals surface area (Å²) in [4.78, 5) is 0. The highest BCUT2D eigenvalue weighted by molar-refractivity contribution is 9.10. The molecule has 36 heavy (non-hydrogen) atoms. The molecule has 0 radical (unpaired) electrons. The van der Waals surface area contributed by atoms with Crippen molar-refractivity contribution in [2.45, 2.75) is 77.0 Å². The van der Waals surface area contributed by atoms with E-state index in [0.29, 0.717) is 10.0 Å². The molecule has 0 aromatic heterocycles. The Morgan fingerprint density at radius 3 is 2.44 bits per heavy atom. The van der Waals surface area contributed by atoms with Crippen LogP contribution in [0.1, 0.15) is 65.4 Å². The van der Waals surface area contributed by atoms with E-state index < -0.39 is 30.0 Å². The van der Waals surface area contributed by atoms with Gasteiger partial charge in [0.2, 0.25) is 0 Å². The number of hydrogen-bond acceptors (Lipinski definition) is 4. The lowest BCUT2D eigenvalue weighted by Gasteiger charge is -2.38. The van der Waals surface area contributed by atoms with Crippen LogP contribution in [-0.4, -0.2) is 35.1 Å². The summed E-state index contributed by atoms with van der Waals surface area (Å²) in [5.41, 5.74) is 2.92. The first-order valence-electron chi connectivity index (χ1n) is 12.2. The molecule has 0 bridgehead atoms. The predicted octanol–water partition coefficient (Wildman–Crippen LogP) is 7.19. The zero-order chi connectivity index (χ0) is 27.4. The number of halogens is 4. The van der Waals surface area contributed by atoms with E-state index in [1.165, 1.54) is 25.0 Å². The van der Waals surface area contributed by atoms with E-state index in [0.717, 1.165) is 25.1 Å². The Balaban J connectivity index is 2.89. The second-order valence-electron chi connectivity index (χ2n) is 9.66. The van der Waals surface area contributed by atoms with Crippen LogP contribution in [0.15, 0.2) is 70.4 Å². The van der Waals surface area contributed by atoms with E-state index >= 15 is 0 Å². The van der Waals surface area contributed by atoms with Crippen molar-refractivity contribution in [2.75, 3.05) is 13.1 Å². The lowest BCUT2D eigenvalue weighted by molar-refractivity contribution is -0.266. The minimum atomic E-state index is -4.92. The molecule has 4 nitrogen and oxygen atoms in total. The van der Waals surface area contributed by atoms with Gasteiger partial charge in [0.25, 0.3) is 0 Å². The van der Waals surface area contributed by atoms with Crippen LogP contribution in [0.4, 0.5) is 13.2 Å². The maximum absolute atomic E-state index is 14.0. The molecular weight excluding hydrogens is 533 g/mol. The quantitative estimate of drug-likeness (QED) is 0.140. The van der Waals surface area contributed by atoms with Crippen LogP contribution in [-0.2, 0) is 5.41 Å². The predicted molar refractivity (Wildman–Crippen MR) is 146 cm³/mol. The Labute approximate surface area is 222 Å². The van der Waals surface area contributed by atoms with Crippen molar-refractivity contribution >= 4 is 15.9 Å². The number of unbranched alkanes of at least 4 members (excludes halogenated alkanes) is 2. The normalized spacial score (nSPS) is 15.7. The van der Waals surface area contributed by atoms with Crippen LogP contribution in [0.3, 0.4) is 0 Å². The SMILES string of the molecule is C\C=C(/C=C\C=C\C=C(/N)CC(O)(CC(C)(C)c1cc(Br)ccc1O)C(F)(F)F)CNCCCCC. The summed E-state index contributed by atoms with van der Waals surface area (Å²) in [5.74, 6) is -0.136. The smallest absolute Gasteiger partial charge is 0.417 e. The van der Waals surface area contributed by atoms with E-state index in [4.69, 9.17) is 5.73 Å². The zero-order valence-corrected chi connectivity index (χ0v) is 23.2. The fourth-order valence-corrected chi connectivity index (χ4v) is 4.31. The third-order valence-corrected chi connectivity index (χ3v) is 6.44. The average molecular weight is 574 g/mol. The number of aliphatic hydroxyl groups is 1. The molecule has 0 spiro atoms. The van der Waals surface area contributed by atoms with Crippen LogP contribution >= 0.6 is 15.9 Å². The van der Waals surface area contributed by atoms with Crippen molar-refractivity contribution in [3.05, 3.63) is 76.0 Å². The molecule has 202 valence electrons. The van der Waals surface area contributed by atoms with Crippen molar-refractivity contribution in [3.8, 4) is 5.75 Å². The lowest BCUT2D eigenvalue weighted by atomic mass is 9.73. The number of alkyl halides is 3. The molecule has 1 atom stereocenters. The maximum atomic E-state index is 14.0. The highest BCUT2D eigenvalue weighted by atomic mass is 79.9. The first-order valence-corrected chi connectivity index (χ1v) is 13.0. The summed E-state index contributed by atoms with van der Waals surface area (Å²) in [6.07, 6.45) is 7.42. The van der Waals surface area contributed by atoms with E-state index in [-0.39, 0.29) is 11.4 Å². The maximum Gasteiger partial charge on any atom is 0.417 e. The molecule has 0 heterocycles. The molecule has 0 saturated carbocycles. The summed E-state index contributed by atoms with van der Waals surface area (Å²) in [7, 11) is 0. The molecule has 1 aromatic carbocycles. The summed E-state index contributed by atoms with van der Waals surface area (Å²) < 4.78 is 42.6. The fraction of sp³-hybridized carbons (Fsp3) is 0.500. The number of hydrogen-bond donors (Lipinski definition) is 4. The van der Waals surface area contributed by atoms with Gasteiger partial charge in [0, 0.05) is 28.7 Å². The number of phenols is 1. The van der Waals surface area contributed by atoms with Crippen LogP contribution in [0, 0.1) is 0 Å². The summed E-state index contributed by atoms with van der Waals surface area (Å²) in [6.45, 7) is 8.90. The molecule has 1 unspecified atom stereocenters. The Morgan fingerprint density at radius 1 is 1.14 bits per heavy atom. The van der Waals surface area contributed by atoms with Crippen LogP contribution in [0.5, 0.6) is 5.75 Å². The minimum absolute atomic E-state index is 0.0995. The largest absolute Gasteiger partial charge is 0.508 e. The van der Waals surface area contributed by atoms with Crippen molar-refractivity contribution < 1.29 is 23.4 Å². The van der Waals surface area contributed by atoms with E-state index in [1.54, 1.807) is 44.2 Å². The van der Waals surface area contributed by atoms with Crippen LogP contribution in [0.25, 0.3) is 0 Å². The van der Waals surface area contributed by atoms with Crippen molar-refractivity contribution in [2.24, 2.45) is 5.73 Å². The topological polar surface area (TPSA) is 78.5 Å². The Kier molecular flexibility index (Phi) is 13.0. The Bertz CT molecular complexity index is 953. The lowest BCUT2D eigenvalue weighted by Crippen LogP contribution is -2.50. The van der Waals surface area contributed by atoms with Crippen LogP contribution < -0.4 is 11.1 Å². The molecule has 0 fully saturated rings. The number of nitrogens with two attached hydrogens (primary N) is 1. The van der Waals surface area contributed by atoms with E-state index in [2.05, 4.69) is 28.2 Å². The standard InChI is InChI=1S/C28H40BrF3N2O2/c1-5-7-11-16-34-19-21(6-2)12-9-8-10-13-23(33)18-27(36,28(30,31)32)20-26(3,4)24-17-22(29)14-15-25(24)35/h6,8-10,12-15,17,34-36H,5,7,11,16,18-20,33H2,1-4H3/b10-8+,12-9-,21-6+,23-13-. The third-order valence-electron chi connectivity index (χ3n) is 5.95.